The minimum atomic E-state index is -0.797. The zero-order valence-electron chi connectivity index (χ0n) is 26.2. The van der Waals surface area contributed by atoms with Gasteiger partial charge in [0, 0.05) is 22.9 Å². The van der Waals surface area contributed by atoms with E-state index in [1.54, 1.807) is 24.3 Å². The highest BCUT2D eigenvalue weighted by atomic mass is 35.5. The smallest absolute Gasteiger partial charge is 0.305 e. The Balaban J connectivity index is 1.48. The van der Waals surface area contributed by atoms with Crippen LogP contribution in [-0.4, -0.2) is 21.6 Å². The molecular weight excluding hydrogens is 596 g/mol. The number of halogens is 1. The first kappa shape index (κ1) is 35.7. The number of rotatable bonds is 22. The number of unbranched alkanes of at least 4 members (excludes halogenated alkanes) is 15. The van der Waals surface area contributed by atoms with Crippen LogP contribution in [0.1, 0.15) is 110 Å². The van der Waals surface area contributed by atoms with Crippen LogP contribution < -0.4 is 4.74 Å². The van der Waals surface area contributed by atoms with Crippen molar-refractivity contribution in [1.29, 1.82) is 0 Å². The Bertz CT molecular complexity index is 1430. The number of nitro groups is 2. The van der Waals surface area contributed by atoms with Gasteiger partial charge in [0.15, 0.2) is 17.2 Å². The number of azo groups is 1. The molecule has 0 aliphatic carbocycles. The monoisotopic (exact) mass is 640 g/mol. The lowest BCUT2D eigenvalue weighted by atomic mass is 10.0. The molecule has 3 aromatic rings. The quantitative estimate of drug-likeness (QED) is 0.0501. The summed E-state index contributed by atoms with van der Waals surface area (Å²) in [5, 5.41) is 42.5. The minimum Gasteiger partial charge on any atom is -0.504 e. The summed E-state index contributed by atoms with van der Waals surface area (Å²) in [6.07, 6.45) is 20.4. The lowest BCUT2D eigenvalue weighted by molar-refractivity contribution is -0.393. The highest BCUT2D eigenvalue weighted by Crippen LogP contribution is 2.43. The van der Waals surface area contributed by atoms with E-state index in [1.807, 2.05) is 0 Å². The van der Waals surface area contributed by atoms with E-state index in [9.17, 15) is 25.3 Å². The molecule has 0 aliphatic rings. The minimum absolute atomic E-state index is 0.0274. The average Bonchev–Trinajstić information content (AvgIpc) is 3.03. The first-order valence-electron chi connectivity index (χ1n) is 16.2. The number of ether oxygens (including phenoxy) is 1. The summed E-state index contributed by atoms with van der Waals surface area (Å²) in [6, 6.07) is 10.3. The van der Waals surface area contributed by atoms with Gasteiger partial charge in [0.25, 0.3) is 5.69 Å². The summed E-state index contributed by atoms with van der Waals surface area (Å²) in [5.74, 6) is 0.202. The number of hydrogen-bond donors (Lipinski definition) is 1. The maximum absolute atomic E-state index is 11.6. The second-order valence-electron chi connectivity index (χ2n) is 11.4. The van der Waals surface area contributed by atoms with Gasteiger partial charge in [-0.1, -0.05) is 139 Å². The van der Waals surface area contributed by atoms with Crippen molar-refractivity contribution in [3.8, 4) is 11.5 Å². The summed E-state index contributed by atoms with van der Waals surface area (Å²) in [5.41, 5.74) is -1.17. The molecule has 45 heavy (non-hydrogen) atoms. The highest BCUT2D eigenvalue weighted by molar-refractivity contribution is 6.33. The van der Waals surface area contributed by atoms with E-state index in [1.165, 1.54) is 89.5 Å². The van der Waals surface area contributed by atoms with Crippen LogP contribution in [0.3, 0.4) is 0 Å². The van der Waals surface area contributed by atoms with Crippen molar-refractivity contribution in [1.82, 2.24) is 0 Å². The van der Waals surface area contributed by atoms with Gasteiger partial charge < -0.3 is 9.84 Å². The van der Waals surface area contributed by atoms with Crippen LogP contribution in [-0.2, 0) is 0 Å². The van der Waals surface area contributed by atoms with E-state index in [0.29, 0.717) is 23.1 Å². The number of non-ortho nitro benzene ring substituents is 1. The van der Waals surface area contributed by atoms with Crippen molar-refractivity contribution >= 4 is 45.1 Å². The van der Waals surface area contributed by atoms with Crippen LogP contribution in [0, 0.1) is 20.2 Å². The van der Waals surface area contributed by atoms with Gasteiger partial charge in [-0.25, -0.2) is 0 Å². The molecule has 0 aromatic heterocycles. The topological polar surface area (TPSA) is 140 Å². The Morgan fingerprint density at radius 3 is 1.80 bits per heavy atom. The number of phenols is 1. The SMILES string of the molecule is CCCCCCCCCCCCCCCCCCOc1cc(/N=N/c2c(Cl)cc([N+](=O)[O-])cc2[N+](=O)[O-])c2ccccc2c1O. The second kappa shape index (κ2) is 19.6. The highest BCUT2D eigenvalue weighted by Gasteiger charge is 2.24. The molecule has 0 saturated heterocycles. The predicted molar refractivity (Wildman–Crippen MR) is 180 cm³/mol. The van der Waals surface area contributed by atoms with E-state index in [0.717, 1.165) is 31.4 Å². The normalized spacial score (nSPS) is 11.4. The Labute approximate surface area is 270 Å². The largest absolute Gasteiger partial charge is 0.504 e. The number of phenolic OH excluding ortho intramolecular Hbond substituents is 1. The molecule has 0 fully saturated rings. The summed E-state index contributed by atoms with van der Waals surface area (Å²) < 4.78 is 5.92. The van der Waals surface area contributed by atoms with Gasteiger partial charge in [-0.15, -0.1) is 10.2 Å². The van der Waals surface area contributed by atoms with Crippen molar-refractivity contribution in [2.45, 2.75) is 110 Å². The third kappa shape index (κ3) is 11.6. The Hall–Kier alpha value is -3.79. The van der Waals surface area contributed by atoms with Gasteiger partial charge in [-0.05, 0) is 6.42 Å². The van der Waals surface area contributed by atoms with Crippen molar-refractivity contribution in [3.63, 3.8) is 0 Å². The number of aromatic hydroxyl groups is 1. The zero-order chi connectivity index (χ0) is 32.4. The van der Waals surface area contributed by atoms with E-state index in [4.69, 9.17) is 16.3 Å². The third-order valence-corrected chi connectivity index (χ3v) is 8.20. The molecule has 0 radical (unpaired) electrons. The summed E-state index contributed by atoms with van der Waals surface area (Å²) in [6.45, 7) is 2.68. The van der Waals surface area contributed by atoms with Crippen LogP contribution in [0.25, 0.3) is 10.8 Å². The fourth-order valence-corrected chi connectivity index (χ4v) is 5.61. The van der Waals surface area contributed by atoms with Gasteiger partial charge in [-0.2, -0.15) is 0 Å². The van der Waals surface area contributed by atoms with Gasteiger partial charge in [-0.3, -0.25) is 20.2 Å². The van der Waals surface area contributed by atoms with Crippen molar-refractivity contribution < 1.29 is 19.7 Å². The number of hydrogen-bond acceptors (Lipinski definition) is 8. The fourth-order valence-electron chi connectivity index (χ4n) is 5.36. The molecule has 0 saturated carbocycles. The van der Waals surface area contributed by atoms with E-state index < -0.39 is 21.2 Å². The van der Waals surface area contributed by atoms with E-state index in [-0.39, 0.29) is 22.2 Å². The summed E-state index contributed by atoms with van der Waals surface area (Å²) in [4.78, 5) is 21.1. The number of nitro benzene ring substituents is 2. The van der Waals surface area contributed by atoms with Crippen LogP contribution in [0.15, 0.2) is 52.7 Å². The van der Waals surface area contributed by atoms with Crippen LogP contribution in [0.5, 0.6) is 11.5 Å². The summed E-state index contributed by atoms with van der Waals surface area (Å²) >= 11 is 6.12. The van der Waals surface area contributed by atoms with E-state index in [2.05, 4.69) is 17.2 Å². The maximum Gasteiger partial charge on any atom is 0.305 e. The lowest BCUT2D eigenvalue weighted by Gasteiger charge is -2.12. The molecule has 3 rings (SSSR count). The lowest BCUT2D eigenvalue weighted by Crippen LogP contribution is -1.98. The number of nitrogens with zero attached hydrogens (tertiary/aromatic N) is 4. The zero-order valence-corrected chi connectivity index (χ0v) is 27.0. The molecule has 0 atom stereocenters. The Kier molecular flexibility index (Phi) is 15.5. The Morgan fingerprint density at radius 1 is 0.733 bits per heavy atom. The van der Waals surface area contributed by atoms with E-state index >= 15 is 0 Å². The molecule has 0 heterocycles. The van der Waals surface area contributed by atoms with Gasteiger partial charge in [0.05, 0.1) is 33.2 Å². The molecule has 0 bridgehead atoms. The molecular formula is C34H45ClN4O6. The van der Waals surface area contributed by atoms with Crippen molar-refractivity contribution in [2.24, 2.45) is 10.2 Å². The maximum atomic E-state index is 11.6. The first-order valence-corrected chi connectivity index (χ1v) is 16.6. The van der Waals surface area contributed by atoms with Gasteiger partial charge in [0.2, 0.25) is 0 Å². The standard InChI is InChI=1S/C34H45ClN4O6/c1-2-3-4-5-6-7-8-9-10-11-12-13-14-15-16-19-22-45-32-25-30(27-20-17-18-21-28(27)34(32)40)36-37-33-29(35)23-26(38(41)42)24-31(33)39(43)44/h17-18,20-21,23-25,40H,2-16,19,22H2,1H3/b37-36+. The molecule has 0 spiro atoms. The molecule has 0 amide bonds. The molecule has 10 nitrogen and oxygen atoms in total. The molecule has 244 valence electrons. The van der Waals surface area contributed by atoms with Crippen molar-refractivity contribution in [2.75, 3.05) is 6.61 Å². The number of fused-ring (bicyclic) bond motifs is 1. The Morgan fingerprint density at radius 2 is 1.27 bits per heavy atom. The average molecular weight is 641 g/mol. The van der Waals surface area contributed by atoms with Crippen LogP contribution in [0.2, 0.25) is 5.02 Å². The molecule has 1 N–H and O–H groups in total. The number of benzene rings is 3. The van der Waals surface area contributed by atoms with Crippen molar-refractivity contribution in [3.05, 3.63) is 67.7 Å². The molecule has 0 aliphatic heterocycles. The second-order valence-corrected chi connectivity index (χ2v) is 11.9. The van der Waals surface area contributed by atoms with Gasteiger partial charge in [0.1, 0.15) is 0 Å². The van der Waals surface area contributed by atoms with Crippen LogP contribution >= 0.6 is 11.6 Å². The molecule has 11 heteroatoms. The first-order chi connectivity index (χ1) is 21.8. The van der Waals surface area contributed by atoms with Gasteiger partial charge >= 0.3 is 5.69 Å². The third-order valence-electron chi connectivity index (χ3n) is 7.91. The molecule has 0 unspecified atom stereocenters. The van der Waals surface area contributed by atoms with Crippen LogP contribution in [0.4, 0.5) is 22.7 Å². The summed E-state index contributed by atoms with van der Waals surface area (Å²) in [7, 11) is 0. The fraction of sp³-hybridized carbons (Fsp3) is 0.529. The predicted octanol–water partition coefficient (Wildman–Crippen LogP) is 12.1. The molecule has 3 aromatic carbocycles.